The van der Waals surface area contributed by atoms with Crippen LogP contribution in [0.25, 0.3) is 0 Å². The maximum atomic E-state index is 13.7. The van der Waals surface area contributed by atoms with Crippen molar-refractivity contribution in [1.29, 1.82) is 0 Å². The highest BCUT2D eigenvalue weighted by molar-refractivity contribution is 7.89. The molecule has 1 aliphatic rings. The number of benzene rings is 2. The molecule has 2 atom stereocenters. The van der Waals surface area contributed by atoms with Crippen molar-refractivity contribution >= 4 is 27.3 Å². The summed E-state index contributed by atoms with van der Waals surface area (Å²) in [5.74, 6) is 0.403. The van der Waals surface area contributed by atoms with Crippen molar-refractivity contribution in [3.63, 3.8) is 0 Å². The molecule has 3 aromatic rings. The number of halogens is 1. The van der Waals surface area contributed by atoms with Gasteiger partial charge in [0.05, 0.1) is 24.6 Å². The van der Waals surface area contributed by atoms with E-state index in [4.69, 9.17) is 9.47 Å². The zero-order chi connectivity index (χ0) is 26.6. The number of hydrogen-bond acceptors (Lipinski definition) is 6. The first kappa shape index (κ1) is 27.1. The number of ether oxygens (including phenoxy) is 2. The molecule has 0 saturated heterocycles. The van der Waals surface area contributed by atoms with Crippen LogP contribution >= 0.6 is 11.3 Å². The SMILES string of the molecule is CCC(C)N(CC(=O)N1CCc2sccc2C1COc1ccc(F)cc1)S(=O)(=O)c1ccc(OC)cc1. The number of hydrogen-bond donors (Lipinski definition) is 0. The summed E-state index contributed by atoms with van der Waals surface area (Å²) in [6.45, 7) is 4.05. The van der Waals surface area contributed by atoms with Crippen LogP contribution in [0.2, 0.25) is 0 Å². The number of rotatable bonds is 10. The van der Waals surface area contributed by atoms with Crippen LogP contribution in [0.1, 0.15) is 36.8 Å². The standard InChI is InChI=1S/C27H31FN2O5S2/c1-4-19(2)30(37(32,33)23-11-9-21(34-3)10-12-23)17-27(31)29-15-13-26-24(14-16-36-26)25(29)18-35-22-7-5-20(28)6-8-22/h5-12,14,16,19,25H,4,13,15,17-18H2,1-3H3. The molecular formula is C27H31FN2O5S2. The Labute approximate surface area is 221 Å². The van der Waals surface area contributed by atoms with Crippen molar-refractivity contribution in [2.24, 2.45) is 0 Å². The van der Waals surface area contributed by atoms with Gasteiger partial charge in [0, 0.05) is 17.5 Å². The molecule has 10 heteroatoms. The number of thiophene rings is 1. The van der Waals surface area contributed by atoms with Crippen LogP contribution in [-0.4, -0.2) is 56.4 Å². The minimum atomic E-state index is -3.93. The van der Waals surface area contributed by atoms with Gasteiger partial charge in [-0.2, -0.15) is 4.31 Å². The van der Waals surface area contributed by atoms with Crippen molar-refractivity contribution in [1.82, 2.24) is 9.21 Å². The lowest BCUT2D eigenvalue weighted by Crippen LogP contribution is -2.49. The topological polar surface area (TPSA) is 76.2 Å². The summed E-state index contributed by atoms with van der Waals surface area (Å²) in [6, 6.07) is 13.1. The van der Waals surface area contributed by atoms with Crippen molar-refractivity contribution in [2.45, 2.75) is 43.7 Å². The first-order valence-electron chi connectivity index (χ1n) is 12.1. The Bertz CT molecular complexity index is 1310. The number of carbonyl (C=O) groups excluding carboxylic acids is 1. The minimum absolute atomic E-state index is 0.108. The molecule has 0 spiro atoms. The van der Waals surface area contributed by atoms with Gasteiger partial charge in [-0.1, -0.05) is 6.92 Å². The summed E-state index contributed by atoms with van der Waals surface area (Å²) < 4.78 is 52.9. The zero-order valence-electron chi connectivity index (χ0n) is 21.1. The molecule has 0 fully saturated rings. The first-order valence-corrected chi connectivity index (χ1v) is 14.5. The Kier molecular flexibility index (Phi) is 8.51. The highest BCUT2D eigenvalue weighted by Gasteiger charge is 2.36. The molecule has 1 amide bonds. The second-order valence-corrected chi connectivity index (χ2v) is 11.8. The largest absolute Gasteiger partial charge is 0.497 e. The van der Waals surface area contributed by atoms with E-state index in [1.165, 1.54) is 40.6 Å². The van der Waals surface area contributed by atoms with Gasteiger partial charge in [0.2, 0.25) is 15.9 Å². The van der Waals surface area contributed by atoms with Crippen LogP contribution in [0, 0.1) is 5.82 Å². The van der Waals surface area contributed by atoms with Crippen LogP contribution in [0.15, 0.2) is 64.9 Å². The van der Waals surface area contributed by atoms with Crippen molar-refractivity contribution in [2.75, 3.05) is 26.8 Å². The monoisotopic (exact) mass is 546 g/mol. The third-order valence-corrected chi connectivity index (χ3v) is 9.65. The molecule has 0 bridgehead atoms. The fraction of sp³-hybridized carbons (Fsp3) is 0.370. The van der Waals surface area contributed by atoms with Crippen LogP contribution in [0.4, 0.5) is 4.39 Å². The van der Waals surface area contributed by atoms with E-state index in [2.05, 4.69) is 0 Å². The molecule has 37 heavy (non-hydrogen) atoms. The molecule has 0 saturated carbocycles. The predicted octanol–water partition coefficient (Wildman–Crippen LogP) is 4.89. The lowest BCUT2D eigenvalue weighted by Gasteiger charge is -2.37. The number of sulfonamides is 1. The average molecular weight is 547 g/mol. The van der Waals surface area contributed by atoms with Gasteiger partial charge in [0.25, 0.3) is 0 Å². The molecule has 198 valence electrons. The molecule has 1 aliphatic heterocycles. The Morgan fingerprint density at radius 3 is 2.46 bits per heavy atom. The Hall–Kier alpha value is -2.95. The van der Waals surface area contributed by atoms with Crippen molar-refractivity contribution in [3.05, 3.63) is 76.2 Å². The van der Waals surface area contributed by atoms with E-state index in [0.717, 1.165) is 5.56 Å². The quantitative estimate of drug-likeness (QED) is 0.362. The summed E-state index contributed by atoms with van der Waals surface area (Å²) in [4.78, 5) is 16.7. The smallest absolute Gasteiger partial charge is 0.243 e. The highest BCUT2D eigenvalue weighted by atomic mass is 32.2. The molecule has 4 rings (SSSR count). The predicted molar refractivity (Wildman–Crippen MR) is 141 cm³/mol. The molecule has 2 heterocycles. The summed E-state index contributed by atoms with van der Waals surface area (Å²) >= 11 is 1.63. The summed E-state index contributed by atoms with van der Waals surface area (Å²) in [6.07, 6.45) is 1.24. The number of carbonyl (C=O) groups is 1. The van der Waals surface area contributed by atoms with Crippen molar-refractivity contribution < 1.29 is 27.1 Å². The van der Waals surface area contributed by atoms with Gasteiger partial charge in [0.15, 0.2) is 0 Å². The van der Waals surface area contributed by atoms with E-state index in [-0.39, 0.29) is 41.9 Å². The second-order valence-electron chi connectivity index (χ2n) is 8.90. The molecule has 2 unspecified atom stereocenters. The maximum Gasteiger partial charge on any atom is 0.243 e. The summed E-state index contributed by atoms with van der Waals surface area (Å²) in [5, 5.41) is 1.99. The van der Waals surface area contributed by atoms with Gasteiger partial charge in [-0.3, -0.25) is 4.79 Å². The number of amides is 1. The maximum absolute atomic E-state index is 13.7. The lowest BCUT2D eigenvalue weighted by atomic mass is 10.0. The molecule has 0 N–H and O–H groups in total. The third-order valence-electron chi connectivity index (χ3n) is 6.68. The van der Waals surface area contributed by atoms with E-state index in [1.807, 2.05) is 18.4 Å². The fourth-order valence-electron chi connectivity index (χ4n) is 4.37. The highest BCUT2D eigenvalue weighted by Crippen LogP contribution is 2.34. The first-order chi connectivity index (χ1) is 17.7. The second kappa shape index (κ2) is 11.6. The lowest BCUT2D eigenvalue weighted by molar-refractivity contribution is -0.135. The van der Waals surface area contributed by atoms with E-state index >= 15 is 0 Å². The molecule has 0 radical (unpaired) electrons. The van der Waals surface area contributed by atoms with Crippen LogP contribution in [0.5, 0.6) is 11.5 Å². The molecule has 1 aromatic heterocycles. The van der Waals surface area contributed by atoms with E-state index in [1.54, 1.807) is 47.4 Å². The molecule has 2 aromatic carbocycles. The van der Waals surface area contributed by atoms with Gasteiger partial charge >= 0.3 is 0 Å². The summed E-state index contributed by atoms with van der Waals surface area (Å²) in [7, 11) is -2.42. The van der Waals surface area contributed by atoms with E-state index < -0.39 is 10.0 Å². The van der Waals surface area contributed by atoms with Gasteiger partial charge < -0.3 is 14.4 Å². The molecule has 0 aliphatic carbocycles. The van der Waals surface area contributed by atoms with Crippen molar-refractivity contribution in [3.8, 4) is 11.5 Å². The van der Waals surface area contributed by atoms with Crippen LogP contribution in [-0.2, 0) is 21.2 Å². The van der Waals surface area contributed by atoms with Gasteiger partial charge in [0.1, 0.15) is 23.9 Å². The number of methoxy groups -OCH3 is 1. The minimum Gasteiger partial charge on any atom is -0.497 e. The summed E-state index contributed by atoms with van der Waals surface area (Å²) in [5.41, 5.74) is 1.000. The van der Waals surface area contributed by atoms with Gasteiger partial charge in [-0.05, 0) is 85.3 Å². The van der Waals surface area contributed by atoms with Crippen LogP contribution < -0.4 is 9.47 Å². The van der Waals surface area contributed by atoms with Crippen LogP contribution in [0.3, 0.4) is 0 Å². The van der Waals surface area contributed by atoms with Gasteiger partial charge in [-0.15, -0.1) is 11.3 Å². The third kappa shape index (κ3) is 5.97. The molecular weight excluding hydrogens is 515 g/mol. The number of fused-ring (bicyclic) bond motifs is 1. The Balaban J connectivity index is 1.58. The van der Waals surface area contributed by atoms with E-state index in [9.17, 15) is 17.6 Å². The average Bonchev–Trinajstić information content (AvgIpc) is 3.40. The Morgan fingerprint density at radius 2 is 1.81 bits per heavy atom. The zero-order valence-corrected chi connectivity index (χ0v) is 22.7. The normalized spacial score (nSPS) is 16.4. The number of nitrogens with zero attached hydrogens (tertiary/aromatic N) is 2. The Morgan fingerprint density at radius 1 is 1.14 bits per heavy atom. The molecule has 7 nitrogen and oxygen atoms in total. The van der Waals surface area contributed by atoms with E-state index in [0.29, 0.717) is 30.9 Å². The fourth-order valence-corrected chi connectivity index (χ4v) is 6.95. The van der Waals surface area contributed by atoms with Gasteiger partial charge in [-0.25, -0.2) is 12.8 Å².